The minimum Gasteiger partial charge on any atom is -0.137 e. The second-order valence-corrected chi connectivity index (χ2v) is 5.50. The molecule has 1 rings (SSSR count). The van der Waals surface area contributed by atoms with Gasteiger partial charge in [0.25, 0.3) is 0 Å². The largest absolute Gasteiger partial charge is 0.137 e. The van der Waals surface area contributed by atoms with Crippen molar-refractivity contribution < 1.29 is 0 Å². The fraction of sp³-hybridized carbons (Fsp3) is 0.600. The lowest BCUT2D eigenvalue weighted by molar-refractivity contribution is 0.439. The van der Waals surface area contributed by atoms with Crippen LogP contribution in [0.4, 0.5) is 0 Å². The molecule has 0 aliphatic heterocycles. The van der Waals surface area contributed by atoms with Gasteiger partial charge < -0.3 is 0 Å². The van der Waals surface area contributed by atoms with Crippen molar-refractivity contribution in [3.63, 3.8) is 0 Å². The van der Waals surface area contributed by atoms with Crippen molar-refractivity contribution in [1.29, 1.82) is 0 Å². The zero-order chi connectivity index (χ0) is 12.2. The van der Waals surface area contributed by atoms with Crippen molar-refractivity contribution in [2.45, 2.75) is 51.9 Å². The van der Waals surface area contributed by atoms with E-state index in [2.05, 4.69) is 61.2 Å². The Morgan fingerprint density at radius 2 is 1.62 bits per heavy atom. The normalized spacial score (nSPS) is 13.8. The monoisotopic (exact) mass is 236 g/mol. The van der Waals surface area contributed by atoms with Crippen molar-refractivity contribution >= 4 is 9.24 Å². The lowest BCUT2D eigenvalue weighted by Gasteiger charge is -2.27. The van der Waals surface area contributed by atoms with Crippen molar-refractivity contribution in [2.75, 3.05) is 6.16 Å². The van der Waals surface area contributed by atoms with Crippen molar-refractivity contribution in [2.24, 2.45) is 0 Å². The molecule has 0 aliphatic carbocycles. The highest BCUT2D eigenvalue weighted by molar-refractivity contribution is 7.16. The fourth-order valence-corrected chi connectivity index (χ4v) is 2.28. The van der Waals surface area contributed by atoms with Gasteiger partial charge in [0.05, 0.1) is 0 Å². The van der Waals surface area contributed by atoms with Crippen LogP contribution < -0.4 is 0 Å². The summed E-state index contributed by atoms with van der Waals surface area (Å²) in [4.78, 5) is 0. The van der Waals surface area contributed by atoms with Crippen LogP contribution >= 0.6 is 9.24 Å². The Kier molecular flexibility index (Phi) is 4.99. The van der Waals surface area contributed by atoms with Crippen LogP contribution in [0, 0.1) is 0 Å². The van der Waals surface area contributed by atoms with Crippen molar-refractivity contribution in [1.82, 2.24) is 0 Å². The highest BCUT2D eigenvalue weighted by Gasteiger charge is 2.21. The maximum Gasteiger partial charge on any atom is -0.00805 e. The van der Waals surface area contributed by atoms with Gasteiger partial charge in [-0.05, 0) is 41.5 Å². The second-order valence-electron chi connectivity index (χ2n) is 5.03. The van der Waals surface area contributed by atoms with E-state index in [1.165, 1.54) is 24.0 Å². The summed E-state index contributed by atoms with van der Waals surface area (Å²) in [5, 5.41) is 0. The van der Waals surface area contributed by atoms with Crippen molar-refractivity contribution in [3.05, 3.63) is 35.4 Å². The molecule has 0 amide bonds. The van der Waals surface area contributed by atoms with E-state index in [9.17, 15) is 0 Å². The average Bonchev–Trinajstić information content (AvgIpc) is 2.37. The molecule has 90 valence electrons. The third-order valence-electron chi connectivity index (χ3n) is 4.09. The number of hydrogen-bond donors (Lipinski definition) is 0. The highest BCUT2D eigenvalue weighted by atomic mass is 31.0. The number of hydrogen-bond acceptors (Lipinski definition) is 0. The summed E-state index contributed by atoms with van der Waals surface area (Å²) < 4.78 is 0. The van der Waals surface area contributed by atoms with E-state index < -0.39 is 0 Å². The first kappa shape index (κ1) is 13.7. The Bertz CT molecular complexity index is 309. The van der Waals surface area contributed by atoms with E-state index in [0.29, 0.717) is 11.3 Å². The molecule has 0 fully saturated rings. The van der Waals surface area contributed by atoms with Crippen LogP contribution in [0.5, 0.6) is 0 Å². The molecule has 1 aromatic carbocycles. The molecular formula is C15H25P. The predicted molar refractivity (Wildman–Crippen MR) is 77.4 cm³/mol. The summed E-state index contributed by atoms with van der Waals surface area (Å²) in [5.41, 5.74) is 3.29. The van der Waals surface area contributed by atoms with Gasteiger partial charge >= 0.3 is 0 Å². The van der Waals surface area contributed by atoms with Crippen molar-refractivity contribution in [3.8, 4) is 0 Å². The zero-order valence-corrected chi connectivity index (χ0v) is 12.2. The van der Waals surface area contributed by atoms with E-state index in [-0.39, 0.29) is 0 Å². The molecule has 0 aliphatic rings. The zero-order valence-electron chi connectivity index (χ0n) is 11.1. The van der Waals surface area contributed by atoms with Crippen LogP contribution in [0.25, 0.3) is 0 Å². The molecule has 1 aromatic rings. The molecule has 0 aromatic heterocycles. The molecule has 1 heteroatoms. The molecular weight excluding hydrogens is 211 g/mol. The molecule has 0 saturated heterocycles. The molecule has 0 heterocycles. The molecule has 0 bridgehead atoms. The van der Waals surface area contributed by atoms with Crippen LogP contribution in [0.1, 0.15) is 57.6 Å². The van der Waals surface area contributed by atoms with E-state index in [0.717, 1.165) is 6.16 Å². The average molecular weight is 236 g/mol. The van der Waals surface area contributed by atoms with Gasteiger partial charge in [0.2, 0.25) is 0 Å². The molecule has 2 unspecified atom stereocenters. The van der Waals surface area contributed by atoms with Crippen LogP contribution in [0.15, 0.2) is 24.3 Å². The minimum absolute atomic E-state index is 0.350. The Labute approximate surface area is 103 Å². The minimum atomic E-state index is 0.350. The lowest BCUT2D eigenvalue weighted by atomic mass is 9.77. The van der Waals surface area contributed by atoms with E-state index in [1.54, 1.807) is 0 Å². The van der Waals surface area contributed by atoms with Gasteiger partial charge in [-0.1, -0.05) is 52.0 Å². The smallest absolute Gasteiger partial charge is 0.00805 e. The molecule has 16 heavy (non-hydrogen) atoms. The lowest BCUT2D eigenvalue weighted by Crippen LogP contribution is -2.19. The summed E-state index contributed by atoms with van der Waals surface area (Å²) in [7, 11) is 2.82. The van der Waals surface area contributed by atoms with Gasteiger partial charge in [-0.25, -0.2) is 0 Å². The van der Waals surface area contributed by atoms with Gasteiger partial charge in [-0.15, -0.1) is 9.24 Å². The first-order chi connectivity index (χ1) is 7.57. The van der Waals surface area contributed by atoms with Gasteiger partial charge in [-0.2, -0.15) is 0 Å². The van der Waals surface area contributed by atoms with E-state index in [4.69, 9.17) is 0 Å². The van der Waals surface area contributed by atoms with Crippen LogP contribution in [0.3, 0.4) is 0 Å². The van der Waals surface area contributed by atoms with Crippen LogP contribution in [-0.2, 0) is 5.41 Å². The van der Waals surface area contributed by atoms with Gasteiger partial charge in [0.1, 0.15) is 0 Å². The Morgan fingerprint density at radius 3 is 2.00 bits per heavy atom. The summed E-state index contributed by atoms with van der Waals surface area (Å²) in [6.45, 7) is 9.20. The summed E-state index contributed by atoms with van der Waals surface area (Å²) in [5.74, 6) is 0.647. The third kappa shape index (κ3) is 2.86. The van der Waals surface area contributed by atoms with Crippen LogP contribution in [0.2, 0.25) is 0 Å². The Morgan fingerprint density at radius 1 is 1.12 bits per heavy atom. The number of benzene rings is 1. The molecule has 0 saturated carbocycles. The summed E-state index contributed by atoms with van der Waals surface area (Å²) in [6.07, 6.45) is 3.56. The predicted octanol–water partition coefficient (Wildman–Crippen LogP) is 4.74. The van der Waals surface area contributed by atoms with Gasteiger partial charge in [0, 0.05) is 0 Å². The van der Waals surface area contributed by atoms with Gasteiger partial charge in [0.15, 0.2) is 0 Å². The highest BCUT2D eigenvalue weighted by Crippen LogP contribution is 2.31. The van der Waals surface area contributed by atoms with Gasteiger partial charge in [-0.3, -0.25) is 0 Å². The molecule has 0 N–H and O–H groups in total. The second kappa shape index (κ2) is 5.82. The summed E-state index contributed by atoms with van der Waals surface area (Å²) in [6, 6.07) is 9.24. The maximum atomic E-state index is 2.82. The SMILES string of the molecule is CCC(C)(CC)c1ccc(C(C)CP)cc1. The standard InChI is InChI=1S/C15H25P/c1-5-15(4,6-2)14-9-7-13(8-10-14)12(3)11-16/h7-10,12H,5-6,11,16H2,1-4H3. The third-order valence-corrected chi connectivity index (χ3v) is 4.80. The molecule has 2 atom stereocenters. The maximum absolute atomic E-state index is 2.82. The van der Waals surface area contributed by atoms with E-state index in [1.807, 2.05) is 0 Å². The molecule has 0 spiro atoms. The fourth-order valence-electron chi connectivity index (χ4n) is 2.01. The summed E-state index contributed by atoms with van der Waals surface area (Å²) >= 11 is 0. The Balaban J connectivity index is 2.94. The Hall–Kier alpha value is -0.350. The molecule has 0 radical (unpaired) electrons. The number of rotatable bonds is 5. The first-order valence-electron chi connectivity index (χ1n) is 6.38. The molecule has 0 nitrogen and oxygen atoms in total. The first-order valence-corrected chi connectivity index (χ1v) is 7.19. The van der Waals surface area contributed by atoms with Crippen LogP contribution in [-0.4, -0.2) is 6.16 Å². The van der Waals surface area contributed by atoms with E-state index >= 15 is 0 Å². The topological polar surface area (TPSA) is 0 Å². The quantitative estimate of drug-likeness (QED) is 0.648.